The third kappa shape index (κ3) is 11.0. The lowest BCUT2D eigenvalue weighted by Crippen LogP contribution is -2.70. The molecule has 3 aliphatic heterocycles. The van der Waals surface area contributed by atoms with Crippen molar-refractivity contribution >= 4 is 23.8 Å². The number of hydrogen-bond acceptors (Lipinski definition) is 16. The maximum Gasteiger partial charge on any atom is 0.416 e. The average Bonchev–Trinajstić information content (AvgIpc) is 3.89. The second-order valence-electron chi connectivity index (χ2n) is 18.7. The minimum absolute atomic E-state index is 0.00330. The van der Waals surface area contributed by atoms with Gasteiger partial charge in [-0.1, -0.05) is 36.2 Å². The number of non-ortho nitro benzene ring substituents is 1. The molecule has 0 radical (unpaired) electrons. The maximum absolute atomic E-state index is 15.3. The molecule has 1 saturated carbocycles. The van der Waals surface area contributed by atoms with E-state index in [2.05, 4.69) is 12.7 Å². The number of aliphatic hydroxyl groups excluding tert-OH is 2. The first-order valence-electron chi connectivity index (χ1n) is 24.9. The summed E-state index contributed by atoms with van der Waals surface area (Å²) in [4.78, 5) is 46.3. The number of ether oxygens (including phenoxy) is 8. The molecule has 4 aromatic carbocycles. The molecule has 0 spiro atoms. The van der Waals surface area contributed by atoms with Crippen molar-refractivity contribution in [2.75, 3.05) is 40.3 Å². The first-order valence-corrected chi connectivity index (χ1v) is 24.9. The fourth-order valence-corrected chi connectivity index (χ4v) is 11.0. The summed E-state index contributed by atoms with van der Waals surface area (Å²) >= 11 is 0. The highest BCUT2D eigenvalue weighted by Gasteiger charge is 2.66. The Morgan fingerprint density at radius 1 is 0.932 bits per heavy atom. The third-order valence-electron chi connectivity index (χ3n) is 14.3. The van der Waals surface area contributed by atoms with Crippen molar-refractivity contribution in [2.24, 2.45) is 22.9 Å². The Labute approximate surface area is 423 Å². The smallest absolute Gasteiger partial charge is 0.416 e. The van der Waals surface area contributed by atoms with Gasteiger partial charge in [0.2, 0.25) is 18.9 Å². The Morgan fingerprint density at radius 3 is 2.42 bits per heavy atom. The molecule has 386 valence electrons. The number of aldehydes is 1. The van der Waals surface area contributed by atoms with E-state index < -0.39 is 41.0 Å². The van der Waals surface area contributed by atoms with Crippen molar-refractivity contribution in [3.05, 3.63) is 130 Å². The Kier molecular flexibility index (Phi) is 16.2. The predicted octanol–water partition coefficient (Wildman–Crippen LogP) is 9.80. The summed E-state index contributed by atoms with van der Waals surface area (Å²) in [5.41, 5.74) is 2.97. The molecule has 2 N–H and O–H groups in total. The Hall–Kier alpha value is -6.99. The summed E-state index contributed by atoms with van der Waals surface area (Å²) in [5, 5.41) is 36.7. The molecule has 1 saturated heterocycles. The summed E-state index contributed by atoms with van der Waals surface area (Å²) < 4.78 is 50.1. The normalized spacial score (nSPS) is 24.0. The molecule has 0 bridgehead atoms. The van der Waals surface area contributed by atoms with Crippen LogP contribution in [0, 0.1) is 27.9 Å². The van der Waals surface area contributed by atoms with Gasteiger partial charge in [0.25, 0.3) is 5.69 Å². The molecule has 4 aromatic rings. The number of benzene rings is 4. The number of rotatable bonds is 22. The molecule has 7 unspecified atom stereocenters. The SMILES string of the molecule is C=CCOC12Oc3ccc(Oc4ccc(OC)c(C=O)c4)cc3C3C(CCCCO)C(CCCCO)C=C(C(=NOC4CCCCO4)CC1N(Cc1ccc4c(c1)OCO4)C(=O)Oc1ccc([N+](=O)[O-])cc1)C32. The highest BCUT2D eigenvalue weighted by atomic mass is 16.8. The van der Waals surface area contributed by atoms with Gasteiger partial charge < -0.3 is 52.9 Å². The van der Waals surface area contributed by atoms with Crippen LogP contribution in [0.3, 0.4) is 0 Å². The lowest BCUT2D eigenvalue weighted by molar-refractivity contribution is -0.384. The topological polar surface area (TPSA) is 216 Å². The number of amides is 1. The molecule has 7 atom stereocenters. The van der Waals surface area contributed by atoms with Crippen molar-refractivity contribution in [1.82, 2.24) is 4.90 Å². The van der Waals surface area contributed by atoms with Crippen LogP contribution in [0.5, 0.6) is 40.2 Å². The van der Waals surface area contributed by atoms with E-state index in [1.165, 1.54) is 31.4 Å². The van der Waals surface area contributed by atoms with Crippen molar-refractivity contribution < 1.29 is 67.5 Å². The molecular formula is C55H61N3O15. The van der Waals surface area contributed by atoms with Gasteiger partial charge in [-0.25, -0.2) is 4.79 Å². The maximum atomic E-state index is 15.3. The highest BCUT2D eigenvalue weighted by Crippen LogP contribution is 2.62. The number of hydrogen-bond donors (Lipinski definition) is 2. The molecule has 2 fully saturated rings. The number of aliphatic hydroxyl groups is 2. The van der Waals surface area contributed by atoms with Crippen molar-refractivity contribution in [3.8, 4) is 40.2 Å². The number of fused-ring (bicyclic) bond motifs is 3. The fourth-order valence-electron chi connectivity index (χ4n) is 11.0. The molecule has 9 rings (SSSR count). The van der Waals surface area contributed by atoms with E-state index >= 15 is 4.79 Å². The summed E-state index contributed by atoms with van der Waals surface area (Å²) in [5.74, 6) is -0.0507. The standard InChI is InChI=1S/C55H61N3O15/c1-3-25-69-55-50(57(32-35-13-20-48-49(27-35)68-34-67-48)54(62)71-39-16-14-38(15-17-39)58(63)64)31-45(56-73-51-12-6-9-26-66-51)43-29-36(10-4-7-23-59)42(11-5-8-24-60)52(53(43)55)44-30-41(19-22-47(44)72-55)70-40-18-21-46(65-2)37(28-40)33-61/h3,13-22,27-30,33,36,42,50-53,59-60H,1,4-12,23-26,31-32,34H2,2H3. The van der Waals surface area contributed by atoms with Gasteiger partial charge in [-0.05, 0) is 122 Å². The average molecular weight is 1000 g/mol. The van der Waals surface area contributed by atoms with Gasteiger partial charge >= 0.3 is 6.09 Å². The van der Waals surface area contributed by atoms with Gasteiger partial charge in [-0.2, -0.15) is 0 Å². The van der Waals surface area contributed by atoms with Crippen LogP contribution in [0.25, 0.3) is 0 Å². The monoisotopic (exact) mass is 1000 g/mol. The van der Waals surface area contributed by atoms with Gasteiger partial charge in [0.05, 0.1) is 42.4 Å². The van der Waals surface area contributed by atoms with E-state index in [0.29, 0.717) is 96.3 Å². The lowest BCUT2D eigenvalue weighted by atomic mass is 9.55. The summed E-state index contributed by atoms with van der Waals surface area (Å²) in [6, 6.07) is 20.2. The van der Waals surface area contributed by atoms with E-state index in [1.54, 1.807) is 47.4 Å². The van der Waals surface area contributed by atoms with E-state index in [9.17, 15) is 25.1 Å². The summed E-state index contributed by atoms with van der Waals surface area (Å²) in [6.45, 7) is 4.60. The molecular weight excluding hydrogens is 943 g/mol. The minimum Gasteiger partial charge on any atom is -0.496 e. The van der Waals surface area contributed by atoms with E-state index in [0.717, 1.165) is 36.8 Å². The third-order valence-corrected chi connectivity index (χ3v) is 14.3. The van der Waals surface area contributed by atoms with E-state index in [1.807, 2.05) is 18.2 Å². The zero-order valence-electron chi connectivity index (χ0n) is 40.8. The fraction of sp³-hybridized carbons (Fsp3) is 0.436. The van der Waals surface area contributed by atoms with Crippen LogP contribution in [0.4, 0.5) is 10.5 Å². The molecule has 0 aromatic heterocycles. The van der Waals surface area contributed by atoms with Gasteiger partial charge in [-0.3, -0.25) is 19.8 Å². The zero-order chi connectivity index (χ0) is 50.9. The Bertz CT molecular complexity index is 2690. The van der Waals surface area contributed by atoms with Crippen LogP contribution in [0.15, 0.2) is 108 Å². The molecule has 5 aliphatic rings. The van der Waals surface area contributed by atoms with Gasteiger partial charge in [0.15, 0.2) is 17.8 Å². The molecule has 2 aliphatic carbocycles. The summed E-state index contributed by atoms with van der Waals surface area (Å²) in [6.07, 6.45) is 9.66. The van der Waals surface area contributed by atoms with Gasteiger partial charge in [-0.15, -0.1) is 6.58 Å². The van der Waals surface area contributed by atoms with Crippen LogP contribution in [0.2, 0.25) is 0 Å². The molecule has 3 heterocycles. The van der Waals surface area contributed by atoms with E-state index in [4.69, 9.17) is 47.9 Å². The first kappa shape index (κ1) is 50.9. The van der Waals surface area contributed by atoms with Gasteiger partial charge in [0, 0.05) is 56.2 Å². The van der Waals surface area contributed by atoms with Crippen LogP contribution >= 0.6 is 0 Å². The highest BCUT2D eigenvalue weighted by molar-refractivity contribution is 6.03. The number of unbranched alkanes of at least 4 members (excludes halogenated alkanes) is 2. The zero-order valence-corrected chi connectivity index (χ0v) is 40.8. The number of carbonyl (C=O) groups excluding carboxylic acids is 2. The first-order chi connectivity index (χ1) is 35.7. The molecule has 18 nitrogen and oxygen atoms in total. The predicted molar refractivity (Wildman–Crippen MR) is 265 cm³/mol. The van der Waals surface area contributed by atoms with Crippen LogP contribution in [-0.4, -0.2) is 96.6 Å². The summed E-state index contributed by atoms with van der Waals surface area (Å²) in [7, 11) is 1.49. The second-order valence-corrected chi connectivity index (χ2v) is 18.7. The Balaban J connectivity index is 1.24. The lowest BCUT2D eigenvalue weighted by Gasteiger charge is -2.59. The largest absolute Gasteiger partial charge is 0.496 e. The second kappa shape index (κ2) is 23.3. The van der Waals surface area contributed by atoms with Crippen LogP contribution in [-0.2, 0) is 20.9 Å². The minimum atomic E-state index is -1.68. The van der Waals surface area contributed by atoms with Crippen LogP contribution in [0.1, 0.15) is 91.6 Å². The van der Waals surface area contributed by atoms with Crippen molar-refractivity contribution in [3.63, 3.8) is 0 Å². The van der Waals surface area contributed by atoms with Crippen molar-refractivity contribution in [1.29, 1.82) is 0 Å². The number of methoxy groups -OCH3 is 1. The number of nitrogens with zero attached hydrogens (tertiary/aromatic N) is 3. The number of nitro benzene ring substituents is 1. The molecule has 73 heavy (non-hydrogen) atoms. The Morgan fingerprint density at radius 2 is 1.68 bits per heavy atom. The number of allylic oxidation sites excluding steroid dienone is 1. The number of carbonyl (C=O) groups is 2. The number of nitro groups is 1. The quantitative estimate of drug-likeness (QED) is 0.0246. The van der Waals surface area contributed by atoms with Crippen LogP contribution < -0.4 is 28.4 Å². The molecule has 1 amide bonds. The van der Waals surface area contributed by atoms with E-state index in [-0.39, 0.29) is 62.9 Å². The number of oxime groups is 1. The van der Waals surface area contributed by atoms with Crippen molar-refractivity contribution in [2.45, 2.75) is 94.8 Å². The molecule has 18 heteroatoms. The van der Waals surface area contributed by atoms with Gasteiger partial charge in [0.1, 0.15) is 34.8 Å².